The molecule has 3 aromatic rings. The Balaban J connectivity index is 1.55. The first-order valence-electron chi connectivity index (χ1n) is 12.6. The van der Waals surface area contributed by atoms with Gasteiger partial charge in [0.15, 0.2) is 6.29 Å². The summed E-state index contributed by atoms with van der Waals surface area (Å²) in [6, 6.07) is 29.8. The third-order valence-electron chi connectivity index (χ3n) is 6.10. The van der Waals surface area contributed by atoms with Crippen molar-refractivity contribution in [1.82, 2.24) is 0 Å². The van der Waals surface area contributed by atoms with Gasteiger partial charge in [-0.1, -0.05) is 97.9 Å². The second-order valence-electron chi connectivity index (χ2n) is 8.92. The second-order valence-corrected chi connectivity index (χ2v) is 8.92. The van der Waals surface area contributed by atoms with E-state index in [1.54, 1.807) is 0 Å². The van der Waals surface area contributed by atoms with E-state index in [-0.39, 0.29) is 0 Å². The molecule has 1 saturated heterocycles. The molecule has 1 heterocycles. The fraction of sp³-hybridized carbons (Fsp3) is 0.400. The van der Waals surface area contributed by atoms with Gasteiger partial charge in [-0.3, -0.25) is 0 Å². The molecule has 1 aliphatic heterocycles. The predicted octanol–water partition coefficient (Wildman–Crippen LogP) is 4.89. The quantitative estimate of drug-likeness (QED) is 0.343. The van der Waals surface area contributed by atoms with Gasteiger partial charge in [0, 0.05) is 6.61 Å². The molecule has 192 valence electrons. The molecule has 0 saturated carbocycles. The Morgan fingerprint density at radius 1 is 0.639 bits per heavy atom. The van der Waals surface area contributed by atoms with Crippen LogP contribution in [0, 0.1) is 0 Å². The highest BCUT2D eigenvalue weighted by atomic mass is 16.7. The van der Waals surface area contributed by atoms with Gasteiger partial charge in [-0.15, -0.1) is 0 Å². The van der Waals surface area contributed by atoms with Crippen LogP contribution in [0.15, 0.2) is 91.0 Å². The lowest BCUT2D eigenvalue weighted by Crippen LogP contribution is -2.61. The van der Waals surface area contributed by atoms with Crippen LogP contribution in [0.5, 0.6) is 0 Å². The summed E-state index contributed by atoms with van der Waals surface area (Å²) < 4.78 is 30.9. The zero-order valence-corrected chi connectivity index (χ0v) is 20.8. The van der Waals surface area contributed by atoms with Gasteiger partial charge in [0.05, 0.1) is 26.4 Å². The van der Waals surface area contributed by atoms with Crippen molar-refractivity contribution in [3.05, 3.63) is 108 Å². The molecule has 1 fully saturated rings. The van der Waals surface area contributed by atoms with Crippen molar-refractivity contribution in [2.24, 2.45) is 0 Å². The normalized spacial score (nSPS) is 24.0. The number of ether oxygens (including phenoxy) is 5. The Labute approximate surface area is 213 Å². The number of rotatable bonds is 13. The molecular formula is C30H36O6. The molecule has 0 unspecified atom stereocenters. The highest BCUT2D eigenvalue weighted by molar-refractivity contribution is 5.15. The SMILES string of the molecule is CCCOC[C@H]1O[C@H](O)[C@H](OCc2ccccc2)[C@@H](OCc2ccccc2)[C@H]1OCc1ccccc1. The van der Waals surface area contributed by atoms with E-state index in [0.29, 0.717) is 33.0 Å². The van der Waals surface area contributed by atoms with Gasteiger partial charge in [-0.2, -0.15) is 0 Å². The maximum Gasteiger partial charge on any atom is 0.184 e. The molecule has 6 nitrogen and oxygen atoms in total. The zero-order valence-electron chi connectivity index (χ0n) is 20.8. The molecular weight excluding hydrogens is 456 g/mol. The topological polar surface area (TPSA) is 66.4 Å². The van der Waals surface area contributed by atoms with Crippen LogP contribution in [0.1, 0.15) is 30.0 Å². The molecule has 0 amide bonds. The Hall–Kier alpha value is -2.58. The summed E-state index contributed by atoms with van der Waals surface area (Å²) >= 11 is 0. The van der Waals surface area contributed by atoms with E-state index in [1.807, 2.05) is 91.0 Å². The van der Waals surface area contributed by atoms with Crippen molar-refractivity contribution in [2.75, 3.05) is 13.2 Å². The maximum absolute atomic E-state index is 11.0. The van der Waals surface area contributed by atoms with Crippen molar-refractivity contribution < 1.29 is 28.8 Å². The smallest absolute Gasteiger partial charge is 0.184 e. The Morgan fingerprint density at radius 3 is 1.56 bits per heavy atom. The van der Waals surface area contributed by atoms with Gasteiger partial charge in [0.1, 0.15) is 24.4 Å². The Bertz CT molecular complexity index is 984. The number of aliphatic hydroxyl groups is 1. The maximum atomic E-state index is 11.0. The fourth-order valence-electron chi connectivity index (χ4n) is 4.24. The average molecular weight is 493 g/mol. The summed E-state index contributed by atoms with van der Waals surface area (Å²) in [5.41, 5.74) is 3.07. The summed E-state index contributed by atoms with van der Waals surface area (Å²) in [4.78, 5) is 0. The molecule has 0 radical (unpaired) electrons. The molecule has 0 bridgehead atoms. The van der Waals surface area contributed by atoms with Gasteiger partial charge in [-0.25, -0.2) is 0 Å². The molecule has 0 aliphatic carbocycles. The molecule has 5 atom stereocenters. The summed E-state index contributed by atoms with van der Waals surface area (Å²) in [6.45, 7) is 4.01. The van der Waals surface area contributed by atoms with Crippen molar-refractivity contribution in [2.45, 2.75) is 63.9 Å². The summed E-state index contributed by atoms with van der Waals surface area (Å²) in [5.74, 6) is 0. The van der Waals surface area contributed by atoms with Crippen LogP contribution in [0.2, 0.25) is 0 Å². The lowest BCUT2D eigenvalue weighted by molar-refractivity contribution is -0.317. The molecule has 6 heteroatoms. The summed E-state index contributed by atoms with van der Waals surface area (Å²) in [7, 11) is 0. The van der Waals surface area contributed by atoms with Crippen LogP contribution in [0.3, 0.4) is 0 Å². The minimum atomic E-state index is -1.18. The molecule has 1 aliphatic rings. The van der Waals surface area contributed by atoms with Crippen LogP contribution in [-0.2, 0) is 43.5 Å². The first-order valence-corrected chi connectivity index (χ1v) is 12.6. The zero-order chi connectivity index (χ0) is 25.0. The molecule has 1 N–H and O–H groups in total. The van der Waals surface area contributed by atoms with Crippen LogP contribution in [0.25, 0.3) is 0 Å². The Kier molecular flexibility index (Phi) is 10.5. The van der Waals surface area contributed by atoms with Gasteiger partial charge in [0.2, 0.25) is 0 Å². The minimum Gasteiger partial charge on any atom is -0.379 e. The number of benzene rings is 3. The van der Waals surface area contributed by atoms with E-state index >= 15 is 0 Å². The van der Waals surface area contributed by atoms with Crippen LogP contribution >= 0.6 is 0 Å². The first-order chi connectivity index (χ1) is 17.7. The third kappa shape index (κ3) is 7.71. The van der Waals surface area contributed by atoms with E-state index in [1.165, 1.54) is 0 Å². The standard InChI is InChI=1S/C30H36O6/c1-2-18-32-22-26-27(33-19-23-12-6-3-7-13-23)28(34-20-24-14-8-4-9-15-24)29(30(31)36-26)35-21-25-16-10-5-11-17-25/h3-17,26-31H,2,18-22H2,1H3/t26-,27+,28+,29-,30+/m1/s1. The summed E-state index contributed by atoms with van der Waals surface area (Å²) in [5, 5.41) is 11.0. The highest BCUT2D eigenvalue weighted by Gasteiger charge is 2.48. The van der Waals surface area contributed by atoms with Crippen LogP contribution in [-0.4, -0.2) is 49.0 Å². The van der Waals surface area contributed by atoms with Gasteiger partial charge < -0.3 is 28.8 Å². The number of hydrogen-bond acceptors (Lipinski definition) is 6. The van der Waals surface area contributed by atoms with Gasteiger partial charge in [0.25, 0.3) is 0 Å². The molecule has 3 aromatic carbocycles. The molecule has 4 rings (SSSR count). The van der Waals surface area contributed by atoms with Crippen LogP contribution in [0.4, 0.5) is 0 Å². The highest BCUT2D eigenvalue weighted by Crippen LogP contribution is 2.30. The average Bonchev–Trinajstić information content (AvgIpc) is 2.92. The Morgan fingerprint density at radius 2 is 1.08 bits per heavy atom. The monoisotopic (exact) mass is 492 g/mol. The van der Waals surface area contributed by atoms with Crippen molar-refractivity contribution in [1.29, 1.82) is 0 Å². The third-order valence-corrected chi connectivity index (χ3v) is 6.10. The van der Waals surface area contributed by atoms with Crippen molar-refractivity contribution in [3.63, 3.8) is 0 Å². The number of hydrogen-bond donors (Lipinski definition) is 1. The summed E-state index contributed by atoms with van der Waals surface area (Å²) in [6.07, 6.45) is -2.61. The lowest BCUT2D eigenvalue weighted by atomic mass is 9.98. The van der Waals surface area contributed by atoms with Crippen molar-refractivity contribution in [3.8, 4) is 0 Å². The first kappa shape index (κ1) is 26.5. The predicted molar refractivity (Wildman–Crippen MR) is 137 cm³/mol. The van der Waals surface area contributed by atoms with Gasteiger partial charge in [-0.05, 0) is 23.1 Å². The number of aliphatic hydroxyl groups excluding tert-OH is 1. The van der Waals surface area contributed by atoms with E-state index in [4.69, 9.17) is 23.7 Å². The largest absolute Gasteiger partial charge is 0.379 e. The van der Waals surface area contributed by atoms with E-state index in [2.05, 4.69) is 6.92 Å². The fourth-order valence-corrected chi connectivity index (χ4v) is 4.24. The van der Waals surface area contributed by atoms with Crippen LogP contribution < -0.4 is 0 Å². The van der Waals surface area contributed by atoms with E-state index < -0.39 is 30.7 Å². The second kappa shape index (κ2) is 14.2. The minimum absolute atomic E-state index is 0.293. The molecule has 0 aromatic heterocycles. The van der Waals surface area contributed by atoms with Gasteiger partial charge >= 0.3 is 0 Å². The lowest BCUT2D eigenvalue weighted by Gasteiger charge is -2.44. The van der Waals surface area contributed by atoms with Crippen molar-refractivity contribution >= 4 is 0 Å². The molecule has 0 spiro atoms. The van der Waals surface area contributed by atoms with E-state index in [0.717, 1.165) is 23.1 Å². The van der Waals surface area contributed by atoms with E-state index in [9.17, 15) is 5.11 Å². The molecule has 36 heavy (non-hydrogen) atoms.